The van der Waals surface area contributed by atoms with Crippen molar-refractivity contribution in [1.29, 1.82) is 0 Å². The molecule has 6 heteroatoms. The molecule has 0 saturated carbocycles. The number of hydrogen-bond donors (Lipinski definition) is 0. The molecule has 0 amide bonds. The largest absolute Gasteiger partial charge is 0.456 e. The van der Waals surface area contributed by atoms with E-state index < -0.39 is 0 Å². The predicted molar refractivity (Wildman–Crippen MR) is 252 cm³/mol. The molecule has 0 fully saturated rings. The molecule has 0 radical (unpaired) electrons. The highest BCUT2D eigenvalue weighted by Crippen LogP contribution is 2.42. The summed E-state index contributed by atoms with van der Waals surface area (Å²) < 4.78 is 9.11. The van der Waals surface area contributed by atoms with Gasteiger partial charge in [-0.3, -0.25) is 4.98 Å². The van der Waals surface area contributed by atoms with Crippen molar-refractivity contribution in [1.82, 2.24) is 24.5 Å². The monoisotopic (exact) mass is 793 g/mol. The van der Waals surface area contributed by atoms with Gasteiger partial charge in [-0.05, 0) is 65.2 Å². The molecular weight excluding hydrogens is 759 g/mol. The predicted octanol–water partition coefficient (Wildman–Crippen LogP) is 14.3. The van der Waals surface area contributed by atoms with Crippen molar-refractivity contribution in [2.24, 2.45) is 0 Å². The van der Waals surface area contributed by atoms with Crippen LogP contribution >= 0.6 is 0 Å². The summed E-state index contributed by atoms with van der Waals surface area (Å²) in [5, 5.41) is 4.41. The molecule has 0 aliphatic heterocycles. The van der Waals surface area contributed by atoms with Crippen LogP contribution in [0.1, 0.15) is 0 Å². The van der Waals surface area contributed by atoms with E-state index in [4.69, 9.17) is 24.4 Å². The van der Waals surface area contributed by atoms with Gasteiger partial charge < -0.3 is 8.98 Å². The lowest BCUT2D eigenvalue weighted by Gasteiger charge is -2.15. The van der Waals surface area contributed by atoms with Gasteiger partial charge in [0.15, 0.2) is 17.5 Å². The Morgan fingerprint density at radius 1 is 0.339 bits per heavy atom. The van der Waals surface area contributed by atoms with Crippen LogP contribution in [-0.4, -0.2) is 24.5 Å². The molecule has 0 aliphatic carbocycles. The Bertz CT molecular complexity index is 3560. The SMILES string of the molecule is c1ccc(-c2nc(-c3ccccc3)nc(-c3cc(-c4ccccc4-c4ccccc4)cnc3-c3ccc4c(c3)oc3cc5c6ccccc6n(-c6ccccc6)c5cc34)n2)cc1. The smallest absolute Gasteiger partial charge is 0.166 e. The highest BCUT2D eigenvalue weighted by Gasteiger charge is 2.21. The molecule has 0 aliphatic rings. The topological polar surface area (TPSA) is 69.6 Å². The fraction of sp³-hybridized carbons (Fsp3) is 0. The Morgan fingerprint density at radius 3 is 1.60 bits per heavy atom. The van der Waals surface area contributed by atoms with Crippen molar-refractivity contribution >= 4 is 43.7 Å². The molecular formula is C56H35N5O. The van der Waals surface area contributed by atoms with E-state index in [0.29, 0.717) is 17.5 Å². The van der Waals surface area contributed by atoms with Gasteiger partial charge in [-0.25, -0.2) is 15.0 Å². The number of pyridine rings is 1. The summed E-state index contributed by atoms with van der Waals surface area (Å²) in [5.74, 6) is 1.70. The third-order valence-corrected chi connectivity index (χ3v) is 11.7. The molecule has 4 heterocycles. The van der Waals surface area contributed by atoms with Gasteiger partial charge in [-0.2, -0.15) is 0 Å². The number of furan rings is 1. The number of hydrogen-bond acceptors (Lipinski definition) is 5. The van der Waals surface area contributed by atoms with Crippen LogP contribution in [0.5, 0.6) is 0 Å². The minimum atomic E-state index is 0.528. The van der Waals surface area contributed by atoms with Gasteiger partial charge in [-0.1, -0.05) is 158 Å². The second kappa shape index (κ2) is 14.7. The van der Waals surface area contributed by atoms with E-state index in [1.54, 1.807) is 0 Å². The van der Waals surface area contributed by atoms with Crippen molar-refractivity contribution in [3.63, 3.8) is 0 Å². The molecule has 0 unspecified atom stereocenters. The molecule has 0 bridgehead atoms. The van der Waals surface area contributed by atoms with Crippen LogP contribution in [0.25, 0.3) is 117 Å². The van der Waals surface area contributed by atoms with Crippen LogP contribution in [0.4, 0.5) is 0 Å². The molecule has 0 spiro atoms. The quantitative estimate of drug-likeness (QED) is 0.161. The molecule has 290 valence electrons. The first-order valence-electron chi connectivity index (χ1n) is 20.7. The van der Waals surface area contributed by atoms with Crippen LogP contribution < -0.4 is 0 Å². The fourth-order valence-corrected chi connectivity index (χ4v) is 8.79. The molecule has 0 saturated heterocycles. The first-order valence-corrected chi connectivity index (χ1v) is 20.7. The molecule has 12 rings (SSSR count). The van der Waals surface area contributed by atoms with Gasteiger partial charge in [0.05, 0.1) is 16.7 Å². The third-order valence-electron chi connectivity index (χ3n) is 11.7. The maximum absolute atomic E-state index is 6.77. The van der Waals surface area contributed by atoms with Crippen LogP contribution in [0.15, 0.2) is 217 Å². The number of benzene rings is 8. The number of rotatable bonds is 7. The number of aromatic nitrogens is 5. The Hall–Kier alpha value is -8.48. The van der Waals surface area contributed by atoms with E-state index in [1.807, 2.05) is 72.9 Å². The molecule has 0 atom stereocenters. The number of nitrogens with zero attached hydrogens (tertiary/aromatic N) is 5. The molecule has 4 aromatic heterocycles. The third kappa shape index (κ3) is 6.04. The van der Waals surface area contributed by atoms with E-state index in [9.17, 15) is 0 Å². The average Bonchev–Trinajstić information content (AvgIpc) is 3.88. The second-order valence-electron chi connectivity index (χ2n) is 15.4. The summed E-state index contributed by atoms with van der Waals surface area (Å²) in [6, 6.07) is 71.2. The van der Waals surface area contributed by atoms with Crippen molar-refractivity contribution < 1.29 is 4.42 Å². The maximum atomic E-state index is 6.77. The highest BCUT2D eigenvalue weighted by atomic mass is 16.3. The lowest BCUT2D eigenvalue weighted by molar-refractivity contribution is 0.669. The Balaban J connectivity index is 1.08. The fourth-order valence-electron chi connectivity index (χ4n) is 8.79. The first-order chi connectivity index (χ1) is 30.7. The Labute approximate surface area is 357 Å². The summed E-state index contributed by atoms with van der Waals surface area (Å²) >= 11 is 0. The van der Waals surface area contributed by atoms with Gasteiger partial charge in [-0.15, -0.1) is 0 Å². The van der Waals surface area contributed by atoms with Gasteiger partial charge in [0.25, 0.3) is 0 Å². The minimum absolute atomic E-state index is 0.528. The van der Waals surface area contributed by atoms with E-state index in [0.717, 1.165) is 94.2 Å². The van der Waals surface area contributed by atoms with Crippen molar-refractivity contribution in [2.75, 3.05) is 0 Å². The number of para-hydroxylation sites is 2. The summed E-state index contributed by atoms with van der Waals surface area (Å²) in [5.41, 5.74) is 13.5. The second-order valence-corrected chi connectivity index (χ2v) is 15.4. The molecule has 8 aromatic carbocycles. The zero-order valence-electron chi connectivity index (χ0n) is 33.4. The van der Waals surface area contributed by atoms with Gasteiger partial charge in [0, 0.05) is 61.2 Å². The van der Waals surface area contributed by atoms with Crippen LogP contribution in [0.2, 0.25) is 0 Å². The molecule has 12 aromatic rings. The van der Waals surface area contributed by atoms with Crippen LogP contribution in [0.3, 0.4) is 0 Å². The van der Waals surface area contributed by atoms with E-state index in [1.165, 1.54) is 5.39 Å². The molecule has 62 heavy (non-hydrogen) atoms. The zero-order valence-corrected chi connectivity index (χ0v) is 33.4. The van der Waals surface area contributed by atoms with E-state index in [2.05, 4.69) is 144 Å². The van der Waals surface area contributed by atoms with Crippen molar-refractivity contribution in [3.8, 4) is 73.4 Å². The minimum Gasteiger partial charge on any atom is -0.456 e. The molecule has 0 N–H and O–H groups in total. The van der Waals surface area contributed by atoms with Gasteiger partial charge in [0.1, 0.15) is 11.2 Å². The summed E-state index contributed by atoms with van der Waals surface area (Å²) in [6.45, 7) is 0. The normalized spacial score (nSPS) is 11.5. The lowest BCUT2D eigenvalue weighted by atomic mass is 9.93. The van der Waals surface area contributed by atoms with E-state index >= 15 is 0 Å². The van der Waals surface area contributed by atoms with Crippen LogP contribution in [0, 0.1) is 0 Å². The standard InChI is InChI=1S/C56H35N5O/c1-5-17-36(18-6-1)42-25-13-14-26-43(42)40-31-48(56-59-54(37-19-7-2-8-20-37)58-55(60-56)38-21-9-3-10-22-38)53(57-35-40)39-29-30-45-47-33-50-46(34-52(47)62-51(45)32-39)44-27-15-16-28-49(44)61(50)41-23-11-4-12-24-41/h1-35H. The number of fused-ring (bicyclic) bond motifs is 6. The molecule has 6 nitrogen and oxygen atoms in total. The maximum Gasteiger partial charge on any atom is 0.166 e. The Kier molecular flexibility index (Phi) is 8.38. The van der Waals surface area contributed by atoms with Gasteiger partial charge >= 0.3 is 0 Å². The first kappa shape index (κ1) is 35.5. The summed E-state index contributed by atoms with van der Waals surface area (Å²) in [7, 11) is 0. The van der Waals surface area contributed by atoms with Crippen molar-refractivity contribution in [3.05, 3.63) is 212 Å². The average molecular weight is 794 g/mol. The lowest BCUT2D eigenvalue weighted by Crippen LogP contribution is -2.02. The summed E-state index contributed by atoms with van der Waals surface area (Å²) in [4.78, 5) is 20.7. The van der Waals surface area contributed by atoms with Crippen molar-refractivity contribution in [2.45, 2.75) is 0 Å². The van der Waals surface area contributed by atoms with Gasteiger partial charge in [0.2, 0.25) is 0 Å². The van der Waals surface area contributed by atoms with Crippen LogP contribution in [-0.2, 0) is 0 Å². The highest BCUT2D eigenvalue weighted by molar-refractivity contribution is 6.17. The van der Waals surface area contributed by atoms with E-state index in [-0.39, 0.29) is 0 Å². The zero-order chi connectivity index (χ0) is 41.0. The summed E-state index contributed by atoms with van der Waals surface area (Å²) in [6.07, 6.45) is 1.96. The Morgan fingerprint density at radius 2 is 0.903 bits per heavy atom.